The number of pyridine rings is 1. The summed E-state index contributed by atoms with van der Waals surface area (Å²) < 4.78 is 12.9. The summed E-state index contributed by atoms with van der Waals surface area (Å²) in [4.78, 5) is 16.6. The number of nitriles is 1. The Hall–Kier alpha value is -3.17. The molecule has 0 saturated heterocycles. The van der Waals surface area contributed by atoms with Gasteiger partial charge in [0.1, 0.15) is 16.9 Å². The fourth-order valence-electron chi connectivity index (χ4n) is 2.27. The first-order chi connectivity index (χ1) is 12.7. The number of nitrogens with zero attached hydrogens (tertiary/aromatic N) is 2. The number of amides is 1. The first-order valence-electron chi connectivity index (χ1n) is 7.80. The normalized spacial score (nSPS) is 10.2. The molecule has 0 aliphatic rings. The second-order valence-corrected chi connectivity index (χ2v) is 6.33. The average Bonchev–Trinajstić information content (AvgIpc) is 2.68. The maximum Gasteiger partial charge on any atom is 0.234 e. The topological polar surface area (TPSA) is 65.8 Å². The average molecular weight is 363 g/mol. The fraction of sp³-hybridized carbons (Fsp3) is 0.0500. The third-order valence-electron chi connectivity index (χ3n) is 3.52. The first kappa shape index (κ1) is 17.6. The number of carbonyl (C=O) groups excluding carboxylic acids is 1. The number of nitrogens with one attached hydrogen (secondary N) is 1. The van der Waals surface area contributed by atoms with Crippen LogP contribution in [0.1, 0.15) is 5.56 Å². The quantitative estimate of drug-likeness (QED) is 0.678. The molecule has 6 heteroatoms. The minimum Gasteiger partial charge on any atom is -0.325 e. The zero-order chi connectivity index (χ0) is 18.4. The van der Waals surface area contributed by atoms with E-state index in [1.54, 1.807) is 12.1 Å². The van der Waals surface area contributed by atoms with Crippen molar-refractivity contribution in [3.8, 4) is 17.3 Å². The van der Waals surface area contributed by atoms with Crippen molar-refractivity contribution in [3.63, 3.8) is 0 Å². The molecule has 3 rings (SSSR count). The van der Waals surface area contributed by atoms with Crippen LogP contribution in [0.4, 0.5) is 10.1 Å². The molecule has 1 N–H and O–H groups in total. The van der Waals surface area contributed by atoms with Gasteiger partial charge in [-0.05, 0) is 36.4 Å². The van der Waals surface area contributed by atoms with E-state index in [0.717, 1.165) is 11.3 Å². The van der Waals surface area contributed by atoms with Crippen molar-refractivity contribution in [3.05, 3.63) is 78.1 Å². The number of thioether (sulfide) groups is 1. The van der Waals surface area contributed by atoms with E-state index in [4.69, 9.17) is 0 Å². The molecule has 1 heterocycles. The van der Waals surface area contributed by atoms with Crippen molar-refractivity contribution >= 4 is 23.4 Å². The molecule has 128 valence electrons. The Morgan fingerprint density at radius 1 is 1.08 bits per heavy atom. The summed E-state index contributed by atoms with van der Waals surface area (Å²) in [5.74, 6) is -0.521. The predicted molar refractivity (Wildman–Crippen MR) is 100 cm³/mol. The smallest absolute Gasteiger partial charge is 0.234 e. The first-order valence-corrected chi connectivity index (χ1v) is 8.79. The third kappa shape index (κ3) is 4.47. The Balaban J connectivity index is 1.71. The zero-order valence-electron chi connectivity index (χ0n) is 13.6. The SMILES string of the molecule is N#Cc1ccc(-c2ccccc2)nc1SCC(=O)Nc1ccc(F)cc1. The lowest BCUT2D eigenvalue weighted by Gasteiger charge is -2.08. The van der Waals surface area contributed by atoms with Crippen LogP contribution in [0.5, 0.6) is 0 Å². The van der Waals surface area contributed by atoms with E-state index in [0.29, 0.717) is 16.3 Å². The molecule has 0 spiro atoms. The Bertz CT molecular complexity index is 953. The lowest BCUT2D eigenvalue weighted by atomic mass is 10.1. The van der Waals surface area contributed by atoms with E-state index in [9.17, 15) is 14.4 Å². The molecule has 1 aromatic heterocycles. The van der Waals surface area contributed by atoms with Gasteiger partial charge in [0, 0.05) is 11.3 Å². The summed E-state index contributed by atoms with van der Waals surface area (Å²) in [7, 11) is 0. The number of carbonyl (C=O) groups is 1. The minimum atomic E-state index is -0.363. The molecular formula is C20H14FN3OS. The number of rotatable bonds is 5. The van der Waals surface area contributed by atoms with Gasteiger partial charge in [-0.25, -0.2) is 9.37 Å². The molecule has 0 bridgehead atoms. The van der Waals surface area contributed by atoms with Crippen LogP contribution < -0.4 is 5.32 Å². The van der Waals surface area contributed by atoms with Crippen LogP contribution >= 0.6 is 11.8 Å². The highest BCUT2D eigenvalue weighted by Crippen LogP contribution is 2.25. The summed E-state index contributed by atoms with van der Waals surface area (Å²) in [6, 6.07) is 20.8. The summed E-state index contributed by atoms with van der Waals surface area (Å²) in [5.41, 5.74) is 2.62. The number of hydrogen-bond acceptors (Lipinski definition) is 4. The van der Waals surface area contributed by atoms with Gasteiger partial charge in [-0.1, -0.05) is 42.1 Å². The molecule has 0 unspecified atom stereocenters. The Morgan fingerprint density at radius 3 is 2.50 bits per heavy atom. The van der Waals surface area contributed by atoms with E-state index < -0.39 is 0 Å². The third-order valence-corrected chi connectivity index (χ3v) is 4.51. The molecular weight excluding hydrogens is 349 g/mol. The van der Waals surface area contributed by atoms with Crippen LogP contribution in [0.2, 0.25) is 0 Å². The van der Waals surface area contributed by atoms with Crippen LogP contribution in [0, 0.1) is 17.1 Å². The largest absolute Gasteiger partial charge is 0.325 e. The van der Waals surface area contributed by atoms with Crippen LogP contribution in [-0.4, -0.2) is 16.6 Å². The van der Waals surface area contributed by atoms with Crippen molar-refractivity contribution in [2.45, 2.75) is 5.03 Å². The summed E-state index contributed by atoms with van der Waals surface area (Å²) in [5, 5.41) is 12.5. The fourth-order valence-corrected chi connectivity index (χ4v) is 3.04. The Kier molecular flexibility index (Phi) is 5.62. The van der Waals surface area contributed by atoms with E-state index >= 15 is 0 Å². The zero-order valence-corrected chi connectivity index (χ0v) is 14.5. The maximum absolute atomic E-state index is 12.9. The van der Waals surface area contributed by atoms with E-state index in [1.165, 1.54) is 36.0 Å². The second kappa shape index (κ2) is 8.28. The summed E-state index contributed by atoms with van der Waals surface area (Å²) in [6.07, 6.45) is 0. The summed E-state index contributed by atoms with van der Waals surface area (Å²) in [6.45, 7) is 0. The van der Waals surface area contributed by atoms with E-state index in [1.807, 2.05) is 30.3 Å². The molecule has 26 heavy (non-hydrogen) atoms. The lowest BCUT2D eigenvalue weighted by Crippen LogP contribution is -2.14. The van der Waals surface area contributed by atoms with Gasteiger partial charge in [-0.2, -0.15) is 5.26 Å². The van der Waals surface area contributed by atoms with Crippen molar-refractivity contribution < 1.29 is 9.18 Å². The van der Waals surface area contributed by atoms with Gasteiger partial charge in [-0.3, -0.25) is 4.79 Å². The van der Waals surface area contributed by atoms with Gasteiger partial charge in [0.15, 0.2) is 0 Å². The van der Waals surface area contributed by atoms with Gasteiger partial charge in [-0.15, -0.1) is 0 Å². The van der Waals surface area contributed by atoms with Gasteiger partial charge in [0.25, 0.3) is 0 Å². The van der Waals surface area contributed by atoms with Crippen LogP contribution in [0.15, 0.2) is 71.8 Å². The van der Waals surface area contributed by atoms with E-state index in [2.05, 4.69) is 16.4 Å². The molecule has 3 aromatic rings. The molecule has 1 amide bonds. The maximum atomic E-state index is 12.9. The monoisotopic (exact) mass is 363 g/mol. The molecule has 0 fully saturated rings. The van der Waals surface area contributed by atoms with Crippen molar-refractivity contribution in [2.75, 3.05) is 11.1 Å². The highest BCUT2D eigenvalue weighted by molar-refractivity contribution is 8.00. The lowest BCUT2D eigenvalue weighted by molar-refractivity contribution is -0.113. The van der Waals surface area contributed by atoms with Crippen LogP contribution in [-0.2, 0) is 4.79 Å². The molecule has 0 aliphatic heterocycles. The molecule has 0 atom stereocenters. The Labute approximate surface area is 154 Å². The predicted octanol–water partition coefficient (Wildman–Crippen LogP) is 4.49. The Morgan fingerprint density at radius 2 is 1.81 bits per heavy atom. The van der Waals surface area contributed by atoms with Crippen molar-refractivity contribution in [1.82, 2.24) is 4.98 Å². The standard InChI is InChI=1S/C20H14FN3OS/c21-16-7-9-17(10-8-16)23-19(25)13-26-20-15(12-22)6-11-18(24-20)14-4-2-1-3-5-14/h1-11H,13H2,(H,23,25). The van der Waals surface area contributed by atoms with Gasteiger partial charge < -0.3 is 5.32 Å². The van der Waals surface area contributed by atoms with Crippen molar-refractivity contribution in [1.29, 1.82) is 5.26 Å². The van der Waals surface area contributed by atoms with Gasteiger partial charge in [0.2, 0.25) is 5.91 Å². The number of anilines is 1. The highest BCUT2D eigenvalue weighted by Gasteiger charge is 2.11. The van der Waals surface area contributed by atoms with Crippen LogP contribution in [0.3, 0.4) is 0 Å². The summed E-state index contributed by atoms with van der Waals surface area (Å²) >= 11 is 1.19. The molecule has 0 aliphatic carbocycles. The number of aromatic nitrogens is 1. The van der Waals surface area contributed by atoms with Crippen molar-refractivity contribution in [2.24, 2.45) is 0 Å². The van der Waals surface area contributed by atoms with Crippen LogP contribution in [0.25, 0.3) is 11.3 Å². The second-order valence-electron chi connectivity index (χ2n) is 5.37. The number of halogens is 1. The molecule has 2 aromatic carbocycles. The molecule has 0 saturated carbocycles. The molecule has 0 radical (unpaired) electrons. The van der Waals surface area contributed by atoms with Gasteiger partial charge in [0.05, 0.1) is 17.0 Å². The number of benzene rings is 2. The minimum absolute atomic E-state index is 0.0945. The molecule has 4 nitrogen and oxygen atoms in total. The number of hydrogen-bond donors (Lipinski definition) is 1. The van der Waals surface area contributed by atoms with Gasteiger partial charge >= 0.3 is 0 Å². The highest BCUT2D eigenvalue weighted by atomic mass is 32.2. The van der Waals surface area contributed by atoms with E-state index in [-0.39, 0.29) is 17.5 Å².